The Balaban J connectivity index is 1.94. The molecule has 2 aliphatic heterocycles. The third kappa shape index (κ3) is 1.63. The number of benzene rings is 1. The summed E-state index contributed by atoms with van der Waals surface area (Å²) in [6, 6.07) is 9.66. The fourth-order valence-electron chi connectivity index (χ4n) is 2.59. The molecule has 1 saturated heterocycles. The molecule has 0 unspecified atom stereocenters. The first kappa shape index (κ1) is 9.22. The normalized spacial score (nSPS) is 21.7. The lowest BCUT2D eigenvalue weighted by Crippen LogP contribution is -2.57. The van der Waals surface area contributed by atoms with Gasteiger partial charge in [-0.25, -0.2) is 0 Å². The smallest absolute Gasteiger partial charge is 0.0539 e. The average Bonchev–Trinajstić information content (AvgIpc) is 2.39. The molecule has 0 aromatic heterocycles. The molecule has 0 amide bonds. The van der Waals surface area contributed by atoms with E-state index in [1.807, 2.05) is 0 Å². The van der Waals surface area contributed by atoms with Crippen molar-refractivity contribution in [3.63, 3.8) is 0 Å². The fraction of sp³-hybridized carbons (Fsp3) is 0.538. The van der Waals surface area contributed by atoms with E-state index in [1.54, 1.807) is 5.56 Å². The first-order valence-electron chi connectivity index (χ1n) is 6.00. The first-order valence-corrected chi connectivity index (χ1v) is 6.00. The molecule has 2 heteroatoms. The van der Waals surface area contributed by atoms with Crippen molar-refractivity contribution in [2.24, 2.45) is 0 Å². The molecule has 2 heterocycles. The average molecular weight is 202 g/mol. The Morgan fingerprint density at radius 3 is 2.80 bits per heavy atom. The molecular weight excluding hydrogens is 184 g/mol. The second kappa shape index (κ2) is 3.86. The van der Waals surface area contributed by atoms with Gasteiger partial charge in [-0.15, -0.1) is 0 Å². The summed E-state index contributed by atoms with van der Waals surface area (Å²) < 4.78 is 0. The number of aryl methyl sites for hydroxylation is 1. The maximum Gasteiger partial charge on any atom is 0.0539 e. The van der Waals surface area contributed by atoms with Gasteiger partial charge in [0.15, 0.2) is 0 Å². The van der Waals surface area contributed by atoms with E-state index in [0.29, 0.717) is 0 Å². The summed E-state index contributed by atoms with van der Waals surface area (Å²) in [4.78, 5) is 2.61. The van der Waals surface area contributed by atoms with Gasteiger partial charge in [0, 0.05) is 25.3 Å². The SMILES string of the molecule is c1ccc2c(c1)CCCCN2C1CNC1. The molecule has 1 aromatic rings. The summed E-state index contributed by atoms with van der Waals surface area (Å²) in [5, 5.41) is 3.37. The molecule has 0 bridgehead atoms. The summed E-state index contributed by atoms with van der Waals surface area (Å²) in [5.74, 6) is 0. The predicted molar refractivity (Wildman–Crippen MR) is 63.4 cm³/mol. The quantitative estimate of drug-likeness (QED) is 0.747. The predicted octanol–water partition coefficient (Wildman–Crippen LogP) is 1.80. The highest BCUT2D eigenvalue weighted by atomic mass is 15.2. The second-order valence-corrected chi connectivity index (χ2v) is 4.59. The van der Waals surface area contributed by atoms with Gasteiger partial charge in [0.2, 0.25) is 0 Å². The molecule has 0 atom stereocenters. The zero-order valence-corrected chi connectivity index (χ0v) is 9.08. The molecular formula is C13H18N2. The standard InChI is InChI=1S/C13H18N2/c1-2-7-13-11(5-1)6-3-4-8-15(13)12-9-14-10-12/h1-2,5,7,12,14H,3-4,6,8-10H2. The molecule has 15 heavy (non-hydrogen) atoms. The molecule has 0 saturated carbocycles. The first-order chi connectivity index (χ1) is 7.45. The summed E-state index contributed by atoms with van der Waals surface area (Å²) in [7, 11) is 0. The van der Waals surface area contributed by atoms with Gasteiger partial charge >= 0.3 is 0 Å². The molecule has 3 rings (SSSR count). The van der Waals surface area contributed by atoms with Gasteiger partial charge in [0.05, 0.1) is 6.04 Å². The highest BCUT2D eigenvalue weighted by molar-refractivity contribution is 5.55. The Labute approximate surface area is 91.3 Å². The zero-order chi connectivity index (χ0) is 10.1. The van der Waals surface area contributed by atoms with Crippen molar-refractivity contribution >= 4 is 5.69 Å². The fourth-order valence-corrected chi connectivity index (χ4v) is 2.59. The van der Waals surface area contributed by atoms with E-state index in [1.165, 1.54) is 31.5 Å². The van der Waals surface area contributed by atoms with Crippen molar-refractivity contribution in [2.45, 2.75) is 25.3 Å². The van der Waals surface area contributed by atoms with Crippen molar-refractivity contribution in [2.75, 3.05) is 24.5 Å². The highest BCUT2D eigenvalue weighted by Crippen LogP contribution is 2.28. The number of hydrogen-bond donors (Lipinski definition) is 1. The van der Waals surface area contributed by atoms with Crippen LogP contribution in [0.15, 0.2) is 24.3 Å². The van der Waals surface area contributed by atoms with Gasteiger partial charge in [-0.05, 0) is 30.9 Å². The van der Waals surface area contributed by atoms with Crippen LogP contribution >= 0.6 is 0 Å². The van der Waals surface area contributed by atoms with E-state index in [0.717, 1.165) is 19.1 Å². The summed E-state index contributed by atoms with van der Waals surface area (Å²) in [6.07, 6.45) is 3.94. The second-order valence-electron chi connectivity index (χ2n) is 4.59. The van der Waals surface area contributed by atoms with Gasteiger partial charge in [-0.3, -0.25) is 0 Å². The summed E-state index contributed by atoms with van der Waals surface area (Å²) in [5.41, 5.74) is 3.03. The number of anilines is 1. The van der Waals surface area contributed by atoms with Gasteiger partial charge in [0.1, 0.15) is 0 Å². The molecule has 2 aliphatic rings. The topological polar surface area (TPSA) is 15.3 Å². The number of fused-ring (bicyclic) bond motifs is 1. The van der Waals surface area contributed by atoms with Gasteiger partial charge in [-0.1, -0.05) is 18.2 Å². The van der Waals surface area contributed by atoms with Crippen LogP contribution in [-0.4, -0.2) is 25.7 Å². The van der Waals surface area contributed by atoms with Crippen LogP contribution in [0.1, 0.15) is 18.4 Å². The maximum absolute atomic E-state index is 3.37. The Hall–Kier alpha value is -1.02. The summed E-state index contributed by atoms with van der Waals surface area (Å²) in [6.45, 7) is 3.56. The van der Waals surface area contributed by atoms with Gasteiger partial charge < -0.3 is 10.2 Å². The minimum atomic E-state index is 0.740. The number of hydrogen-bond acceptors (Lipinski definition) is 2. The number of nitrogens with one attached hydrogen (secondary N) is 1. The van der Waals surface area contributed by atoms with Crippen LogP contribution in [0.25, 0.3) is 0 Å². The minimum Gasteiger partial charge on any atom is -0.366 e. The van der Waals surface area contributed by atoms with Gasteiger partial charge in [0.25, 0.3) is 0 Å². The van der Waals surface area contributed by atoms with Crippen LogP contribution in [0.2, 0.25) is 0 Å². The molecule has 0 spiro atoms. The Morgan fingerprint density at radius 2 is 2.00 bits per heavy atom. The Morgan fingerprint density at radius 1 is 1.13 bits per heavy atom. The molecule has 1 aromatic carbocycles. The molecule has 1 N–H and O–H groups in total. The van der Waals surface area contributed by atoms with Crippen molar-refractivity contribution in [1.29, 1.82) is 0 Å². The van der Waals surface area contributed by atoms with E-state index in [-0.39, 0.29) is 0 Å². The summed E-state index contributed by atoms with van der Waals surface area (Å²) >= 11 is 0. The van der Waals surface area contributed by atoms with Crippen LogP contribution in [0.4, 0.5) is 5.69 Å². The van der Waals surface area contributed by atoms with E-state index in [9.17, 15) is 0 Å². The van der Waals surface area contributed by atoms with Crippen LogP contribution in [0, 0.1) is 0 Å². The monoisotopic (exact) mass is 202 g/mol. The van der Waals surface area contributed by atoms with Crippen LogP contribution in [-0.2, 0) is 6.42 Å². The van der Waals surface area contributed by atoms with Crippen molar-refractivity contribution in [3.05, 3.63) is 29.8 Å². The van der Waals surface area contributed by atoms with Crippen LogP contribution in [0.5, 0.6) is 0 Å². The number of para-hydroxylation sites is 1. The Kier molecular flexibility index (Phi) is 2.37. The van der Waals surface area contributed by atoms with E-state index < -0.39 is 0 Å². The largest absolute Gasteiger partial charge is 0.366 e. The Bertz CT molecular complexity index is 344. The maximum atomic E-state index is 3.37. The van der Waals surface area contributed by atoms with Crippen molar-refractivity contribution in [3.8, 4) is 0 Å². The molecule has 80 valence electrons. The lowest BCUT2D eigenvalue weighted by molar-refractivity contribution is 0.412. The molecule has 0 aliphatic carbocycles. The van der Waals surface area contributed by atoms with Gasteiger partial charge in [-0.2, -0.15) is 0 Å². The lowest BCUT2D eigenvalue weighted by Gasteiger charge is -2.40. The molecule has 0 radical (unpaired) electrons. The van der Waals surface area contributed by atoms with Crippen molar-refractivity contribution < 1.29 is 0 Å². The van der Waals surface area contributed by atoms with E-state index >= 15 is 0 Å². The number of rotatable bonds is 1. The number of nitrogens with zero attached hydrogens (tertiary/aromatic N) is 1. The third-order valence-electron chi connectivity index (χ3n) is 3.60. The lowest BCUT2D eigenvalue weighted by atomic mass is 10.1. The zero-order valence-electron chi connectivity index (χ0n) is 9.08. The van der Waals surface area contributed by atoms with E-state index in [4.69, 9.17) is 0 Å². The van der Waals surface area contributed by atoms with Crippen LogP contribution in [0.3, 0.4) is 0 Å². The van der Waals surface area contributed by atoms with Crippen LogP contribution < -0.4 is 10.2 Å². The van der Waals surface area contributed by atoms with E-state index in [2.05, 4.69) is 34.5 Å². The van der Waals surface area contributed by atoms with Crippen molar-refractivity contribution in [1.82, 2.24) is 5.32 Å². The molecule has 1 fully saturated rings. The molecule has 2 nitrogen and oxygen atoms in total. The third-order valence-corrected chi connectivity index (χ3v) is 3.60. The minimum absolute atomic E-state index is 0.740. The highest BCUT2D eigenvalue weighted by Gasteiger charge is 2.26.